The van der Waals surface area contributed by atoms with Gasteiger partial charge in [0.25, 0.3) is 11.6 Å². The Bertz CT molecular complexity index is 380. The highest BCUT2D eigenvalue weighted by Gasteiger charge is 1.92. The molecule has 2 aromatic heterocycles. The first kappa shape index (κ1) is 18.8. The number of hydrogen-bond donors (Lipinski definition) is 4. The van der Waals surface area contributed by atoms with Gasteiger partial charge in [-0.1, -0.05) is 12.1 Å². The van der Waals surface area contributed by atoms with Crippen molar-refractivity contribution in [3.63, 3.8) is 0 Å². The molecular weight excluding hydrogens is 364 g/mol. The predicted octanol–water partition coefficient (Wildman–Crippen LogP) is -7.45. The zero-order valence-electron chi connectivity index (χ0n) is 9.58. The molecule has 0 saturated heterocycles. The summed E-state index contributed by atoms with van der Waals surface area (Å²) in [5, 5.41) is 0. The van der Waals surface area contributed by atoms with Crippen molar-refractivity contribution in [3.05, 3.63) is 48.8 Å². The number of hydrogen-bond acceptors (Lipinski definition) is 4. The minimum absolute atomic E-state index is 0. The number of halogens is 2. The second-order valence-electron chi connectivity index (χ2n) is 3.07. The van der Waals surface area contributed by atoms with Crippen LogP contribution < -0.4 is 66.5 Å². The van der Waals surface area contributed by atoms with Gasteiger partial charge in [-0.05, 0) is 12.1 Å². The van der Waals surface area contributed by atoms with Crippen LogP contribution in [0.4, 0.5) is 11.6 Å². The lowest BCUT2D eigenvalue weighted by atomic mass is 10.5. The molecule has 0 aliphatic rings. The molecule has 8 N–H and O–H groups in total. The second kappa shape index (κ2) is 9.49. The number of nitrogens with two attached hydrogens (primary N) is 4. The maximum absolute atomic E-state index is 5.36. The molecule has 2 rings (SSSR count). The summed E-state index contributed by atoms with van der Waals surface area (Å²) in [7, 11) is 0. The first-order chi connectivity index (χ1) is 7.61. The molecule has 0 aliphatic carbocycles. The van der Waals surface area contributed by atoms with Gasteiger partial charge in [-0.25, -0.2) is 0 Å². The topological polar surface area (TPSA) is 112 Å². The number of nitrogen functional groups attached to an aromatic ring is 4. The zero-order chi connectivity index (χ0) is 12.0. The van der Waals surface area contributed by atoms with Gasteiger partial charge < -0.3 is 34.0 Å². The van der Waals surface area contributed by atoms with Crippen LogP contribution in [0.3, 0.4) is 0 Å². The lowest BCUT2D eigenvalue weighted by Gasteiger charge is -1.89. The molecule has 100 valence electrons. The smallest absolute Gasteiger partial charge is 0.295 e. The van der Waals surface area contributed by atoms with E-state index in [-0.39, 0.29) is 34.0 Å². The Morgan fingerprint density at radius 3 is 1.17 bits per heavy atom. The third-order valence-corrected chi connectivity index (χ3v) is 1.85. The summed E-state index contributed by atoms with van der Waals surface area (Å²) < 4.78 is 2.72. The molecule has 0 atom stereocenters. The lowest BCUT2D eigenvalue weighted by molar-refractivity contribution is -0.623. The van der Waals surface area contributed by atoms with Gasteiger partial charge in [0.05, 0.1) is 0 Å². The van der Waals surface area contributed by atoms with Gasteiger partial charge >= 0.3 is 0 Å². The van der Waals surface area contributed by atoms with Gasteiger partial charge in [-0.2, -0.15) is 0 Å². The molecular formula is C10H16Br2N6. The van der Waals surface area contributed by atoms with Crippen LogP contribution in [0.5, 0.6) is 0 Å². The molecule has 0 fully saturated rings. The van der Waals surface area contributed by atoms with Crippen molar-refractivity contribution in [3.8, 4) is 0 Å². The molecule has 0 spiro atoms. The second-order valence-corrected chi connectivity index (χ2v) is 3.07. The minimum Gasteiger partial charge on any atom is -1.00 e. The third-order valence-electron chi connectivity index (χ3n) is 1.85. The minimum atomic E-state index is 0. The average Bonchev–Trinajstić information content (AvgIpc) is 2.28. The van der Waals surface area contributed by atoms with Crippen molar-refractivity contribution in [2.24, 2.45) is 0 Å². The monoisotopic (exact) mass is 378 g/mol. The van der Waals surface area contributed by atoms with Crippen molar-refractivity contribution in [1.29, 1.82) is 0 Å². The van der Waals surface area contributed by atoms with E-state index in [0.29, 0.717) is 11.6 Å². The molecule has 0 unspecified atom stereocenters. The quantitative estimate of drug-likeness (QED) is 0.269. The molecule has 18 heavy (non-hydrogen) atoms. The predicted molar refractivity (Wildman–Crippen MR) is 62.4 cm³/mol. The molecule has 0 saturated carbocycles. The summed E-state index contributed by atoms with van der Waals surface area (Å²) in [5.74, 6) is 11.7. The van der Waals surface area contributed by atoms with E-state index in [4.69, 9.17) is 23.2 Å². The average molecular weight is 380 g/mol. The number of anilines is 2. The fourth-order valence-corrected chi connectivity index (χ4v) is 0.937. The van der Waals surface area contributed by atoms with E-state index in [1.165, 1.54) is 9.35 Å². The van der Waals surface area contributed by atoms with Crippen LogP contribution in [0, 0.1) is 0 Å². The number of rotatable bonds is 0. The molecule has 8 heteroatoms. The van der Waals surface area contributed by atoms with Crippen LogP contribution in [0.2, 0.25) is 0 Å². The highest BCUT2D eigenvalue weighted by molar-refractivity contribution is 5.18. The summed E-state index contributed by atoms with van der Waals surface area (Å²) in [6, 6.07) is 10.8. The van der Waals surface area contributed by atoms with Crippen LogP contribution in [0.1, 0.15) is 0 Å². The van der Waals surface area contributed by atoms with E-state index in [1.807, 2.05) is 24.3 Å². The van der Waals surface area contributed by atoms with E-state index in [1.54, 1.807) is 24.5 Å². The maximum Gasteiger partial charge on any atom is 0.295 e. The zero-order valence-corrected chi connectivity index (χ0v) is 12.8. The van der Waals surface area contributed by atoms with Crippen LogP contribution in [0.25, 0.3) is 0 Å². The van der Waals surface area contributed by atoms with Crippen LogP contribution in [-0.4, -0.2) is 0 Å². The van der Waals surface area contributed by atoms with Gasteiger partial charge in [-0.15, -0.1) is 9.35 Å². The van der Waals surface area contributed by atoms with Gasteiger partial charge in [-0.3, -0.25) is 23.2 Å². The molecule has 2 aromatic rings. The third kappa shape index (κ3) is 6.26. The summed E-state index contributed by atoms with van der Waals surface area (Å²) in [6.07, 6.45) is 3.38. The van der Waals surface area contributed by atoms with Crippen molar-refractivity contribution in [2.45, 2.75) is 0 Å². The Hall–Kier alpha value is -1.54. The Balaban J connectivity index is 0. The van der Waals surface area contributed by atoms with Gasteiger partial charge in [0.1, 0.15) is 12.4 Å². The van der Waals surface area contributed by atoms with Crippen molar-refractivity contribution in [2.75, 3.05) is 23.2 Å². The summed E-state index contributed by atoms with van der Waals surface area (Å²) in [5.41, 5.74) is 10.7. The van der Waals surface area contributed by atoms with Crippen LogP contribution >= 0.6 is 0 Å². The molecule has 0 bridgehead atoms. The Kier molecular flexibility index (Phi) is 9.92. The highest BCUT2D eigenvalue weighted by Crippen LogP contribution is 1.86. The Morgan fingerprint density at radius 2 is 1.00 bits per heavy atom. The van der Waals surface area contributed by atoms with Crippen molar-refractivity contribution in [1.82, 2.24) is 0 Å². The van der Waals surface area contributed by atoms with E-state index in [0.717, 1.165) is 0 Å². The molecule has 2 heterocycles. The van der Waals surface area contributed by atoms with Crippen molar-refractivity contribution < 1.29 is 43.3 Å². The lowest BCUT2D eigenvalue weighted by Crippen LogP contribution is -3.00. The normalized spacial score (nSPS) is 8.00. The molecule has 0 amide bonds. The highest BCUT2D eigenvalue weighted by atomic mass is 79.9. The Labute approximate surface area is 127 Å². The van der Waals surface area contributed by atoms with E-state index < -0.39 is 0 Å². The van der Waals surface area contributed by atoms with Gasteiger partial charge in [0, 0.05) is 12.1 Å². The van der Waals surface area contributed by atoms with E-state index in [9.17, 15) is 0 Å². The summed E-state index contributed by atoms with van der Waals surface area (Å²) in [4.78, 5) is 0. The number of nitrogens with zero attached hydrogens (tertiary/aromatic N) is 2. The first-order valence-electron chi connectivity index (χ1n) is 4.63. The van der Waals surface area contributed by atoms with Crippen LogP contribution in [0.15, 0.2) is 48.8 Å². The SMILES string of the molecule is Nc1cccc[n+]1N.Nc1cccc[n+]1N.[Br-].[Br-]. The van der Waals surface area contributed by atoms with E-state index >= 15 is 0 Å². The molecule has 6 nitrogen and oxygen atoms in total. The fraction of sp³-hybridized carbons (Fsp3) is 0. The largest absolute Gasteiger partial charge is 1.00 e. The van der Waals surface area contributed by atoms with Gasteiger partial charge in [0.15, 0.2) is 0 Å². The Morgan fingerprint density at radius 1 is 0.667 bits per heavy atom. The summed E-state index contributed by atoms with van der Waals surface area (Å²) >= 11 is 0. The maximum atomic E-state index is 5.36. The van der Waals surface area contributed by atoms with Gasteiger partial charge in [0.2, 0.25) is 0 Å². The fourth-order valence-electron chi connectivity index (χ4n) is 0.937. The molecule has 0 radical (unpaired) electrons. The summed E-state index contributed by atoms with van der Waals surface area (Å²) in [6.45, 7) is 0. The molecule has 0 aliphatic heterocycles. The first-order valence-corrected chi connectivity index (χ1v) is 4.63. The van der Waals surface area contributed by atoms with Crippen LogP contribution in [-0.2, 0) is 0 Å². The number of aromatic nitrogens is 2. The van der Waals surface area contributed by atoms with E-state index in [2.05, 4.69) is 0 Å². The van der Waals surface area contributed by atoms with Crippen molar-refractivity contribution >= 4 is 11.6 Å². The standard InChI is InChI=1S/2C5H7N3.2BrH/c2*6-5-3-1-2-4-8(5)7;;/h2*1-4,6H,7H2;2*1H. The number of pyridine rings is 2. The molecule has 0 aromatic carbocycles.